The first-order chi connectivity index (χ1) is 16.2. The number of benzene rings is 3. The number of ether oxygens (including phenoxy) is 2. The molecule has 0 atom stereocenters. The molecule has 0 aromatic heterocycles. The van der Waals surface area contributed by atoms with Crippen LogP contribution in [0.3, 0.4) is 0 Å². The van der Waals surface area contributed by atoms with Gasteiger partial charge in [-0.25, -0.2) is 18.2 Å². The average molecular weight is 487 g/mol. The lowest BCUT2D eigenvalue weighted by Gasteiger charge is -2.21. The lowest BCUT2D eigenvalue weighted by Crippen LogP contribution is -2.30. The number of carbonyl (C=O) groups excluding carboxylic acids is 3. The molecule has 1 saturated heterocycles. The van der Waals surface area contributed by atoms with Gasteiger partial charge in [-0.2, -0.15) is 8.42 Å². The summed E-state index contributed by atoms with van der Waals surface area (Å²) in [5.74, 6) is -4.01. The zero-order valence-electron chi connectivity index (χ0n) is 17.7. The zero-order valence-corrected chi connectivity index (χ0v) is 18.5. The van der Waals surface area contributed by atoms with Crippen molar-refractivity contribution in [3.8, 4) is 5.75 Å². The van der Waals surface area contributed by atoms with Crippen molar-refractivity contribution in [1.29, 1.82) is 0 Å². The largest absolute Gasteiger partial charge is 0.487 e. The summed E-state index contributed by atoms with van der Waals surface area (Å²) in [6.07, 6.45) is 0. The van der Waals surface area contributed by atoms with Crippen LogP contribution in [0.15, 0.2) is 54.6 Å². The molecule has 34 heavy (non-hydrogen) atoms. The van der Waals surface area contributed by atoms with Gasteiger partial charge in [0.1, 0.15) is 24.6 Å². The van der Waals surface area contributed by atoms with Gasteiger partial charge in [0.2, 0.25) is 0 Å². The Morgan fingerprint density at radius 3 is 2.53 bits per heavy atom. The van der Waals surface area contributed by atoms with Crippen LogP contribution in [0.1, 0.15) is 5.56 Å². The quantitative estimate of drug-likeness (QED) is 0.415. The number of esters is 1. The van der Waals surface area contributed by atoms with Crippen molar-refractivity contribution >= 4 is 50.1 Å². The monoisotopic (exact) mass is 487 g/mol. The molecule has 0 radical (unpaired) electrons. The number of amides is 2. The molecule has 10 nitrogen and oxygen atoms in total. The van der Waals surface area contributed by atoms with E-state index in [-0.39, 0.29) is 28.8 Å². The van der Waals surface area contributed by atoms with Crippen molar-refractivity contribution < 1.29 is 36.7 Å². The minimum atomic E-state index is -4.32. The van der Waals surface area contributed by atoms with Gasteiger partial charge in [-0.15, -0.1) is 0 Å². The lowest BCUT2D eigenvalue weighted by molar-refractivity contribution is -0.150. The highest BCUT2D eigenvalue weighted by atomic mass is 32.2. The molecule has 2 amide bonds. The molecule has 2 N–H and O–H groups in total. The molecule has 0 saturated carbocycles. The van der Waals surface area contributed by atoms with Crippen LogP contribution in [-0.2, 0) is 35.9 Å². The molecule has 176 valence electrons. The maximum atomic E-state index is 15.7. The highest BCUT2D eigenvalue weighted by Gasteiger charge is 2.38. The Labute approximate surface area is 193 Å². The summed E-state index contributed by atoms with van der Waals surface area (Å²) in [6, 6.07) is 14.3. The molecule has 1 heterocycles. The molecule has 1 aliphatic heterocycles. The van der Waals surface area contributed by atoms with E-state index in [0.29, 0.717) is 4.31 Å². The van der Waals surface area contributed by atoms with Crippen LogP contribution in [0.2, 0.25) is 0 Å². The van der Waals surface area contributed by atoms with Gasteiger partial charge < -0.3 is 14.8 Å². The second-order valence-corrected chi connectivity index (χ2v) is 8.83. The van der Waals surface area contributed by atoms with Crippen LogP contribution in [0.4, 0.5) is 15.8 Å². The molecule has 1 fully saturated rings. The number of anilines is 2. The highest BCUT2D eigenvalue weighted by Crippen LogP contribution is 2.40. The average Bonchev–Trinajstić information content (AvgIpc) is 3.08. The minimum absolute atomic E-state index is 0.00711. The van der Waals surface area contributed by atoms with Crippen LogP contribution in [0.25, 0.3) is 10.8 Å². The SMILES string of the molecule is COC(=O)C(=O)Nc1ccc2c(F)c(N3CC(=O)NS3(=O)=O)c(OCc3ccccc3)cc2c1. The normalized spacial score (nSPS) is 14.5. The number of nitrogens with zero attached hydrogens (tertiary/aromatic N) is 1. The maximum Gasteiger partial charge on any atom is 0.396 e. The molecule has 4 rings (SSSR count). The third kappa shape index (κ3) is 4.48. The second-order valence-electron chi connectivity index (χ2n) is 7.23. The van der Waals surface area contributed by atoms with Gasteiger partial charge in [0.05, 0.1) is 7.11 Å². The van der Waals surface area contributed by atoms with Crippen LogP contribution < -0.4 is 19.1 Å². The zero-order chi connectivity index (χ0) is 24.5. The molecule has 0 spiro atoms. The number of hydrogen-bond donors (Lipinski definition) is 2. The van der Waals surface area contributed by atoms with E-state index in [1.807, 2.05) is 10.8 Å². The van der Waals surface area contributed by atoms with Crippen molar-refractivity contribution in [2.24, 2.45) is 0 Å². The van der Waals surface area contributed by atoms with Gasteiger partial charge >= 0.3 is 22.1 Å². The first kappa shape index (κ1) is 23.0. The van der Waals surface area contributed by atoms with E-state index in [1.165, 1.54) is 24.3 Å². The van der Waals surface area contributed by atoms with Gasteiger partial charge in [0.15, 0.2) is 5.82 Å². The van der Waals surface area contributed by atoms with E-state index in [9.17, 15) is 22.8 Å². The van der Waals surface area contributed by atoms with E-state index >= 15 is 4.39 Å². The fraction of sp³-hybridized carbons (Fsp3) is 0.136. The summed E-state index contributed by atoms with van der Waals surface area (Å²) in [6.45, 7) is -0.619. The lowest BCUT2D eigenvalue weighted by atomic mass is 10.1. The van der Waals surface area contributed by atoms with Gasteiger partial charge in [0.25, 0.3) is 5.91 Å². The molecule has 3 aromatic carbocycles. The molecule has 0 aliphatic carbocycles. The summed E-state index contributed by atoms with van der Waals surface area (Å²) in [4.78, 5) is 34.9. The first-order valence-electron chi connectivity index (χ1n) is 9.85. The third-order valence-corrected chi connectivity index (χ3v) is 6.33. The maximum absolute atomic E-state index is 15.7. The van der Waals surface area contributed by atoms with E-state index < -0.39 is 46.0 Å². The Kier molecular flexibility index (Phi) is 6.07. The van der Waals surface area contributed by atoms with Gasteiger partial charge in [-0.05, 0) is 35.2 Å². The van der Waals surface area contributed by atoms with Gasteiger partial charge in [-0.3, -0.25) is 9.59 Å². The topological polar surface area (TPSA) is 131 Å². The Morgan fingerprint density at radius 1 is 1.15 bits per heavy atom. The fourth-order valence-electron chi connectivity index (χ4n) is 3.40. The predicted molar refractivity (Wildman–Crippen MR) is 120 cm³/mol. The molecule has 3 aromatic rings. The number of hydrogen-bond acceptors (Lipinski definition) is 7. The second kappa shape index (κ2) is 8.98. The number of fused-ring (bicyclic) bond motifs is 1. The minimum Gasteiger partial charge on any atom is -0.487 e. The van der Waals surface area contributed by atoms with E-state index in [2.05, 4.69) is 10.1 Å². The van der Waals surface area contributed by atoms with Crippen LogP contribution in [0.5, 0.6) is 5.75 Å². The van der Waals surface area contributed by atoms with E-state index in [1.54, 1.807) is 24.3 Å². The van der Waals surface area contributed by atoms with Gasteiger partial charge in [0, 0.05) is 11.1 Å². The number of halogens is 1. The Hall–Kier alpha value is -4.19. The number of methoxy groups -OCH3 is 1. The molecular formula is C22H18FN3O7S. The summed E-state index contributed by atoms with van der Waals surface area (Å²) in [5, 5.41) is 2.59. The molecule has 1 aliphatic rings. The van der Waals surface area contributed by atoms with Crippen molar-refractivity contribution in [3.63, 3.8) is 0 Å². The fourth-order valence-corrected chi connectivity index (χ4v) is 4.56. The highest BCUT2D eigenvalue weighted by molar-refractivity contribution is 7.92. The van der Waals surface area contributed by atoms with Crippen LogP contribution >= 0.6 is 0 Å². The molecular weight excluding hydrogens is 469 g/mol. The third-order valence-electron chi connectivity index (χ3n) is 4.95. The van der Waals surface area contributed by atoms with E-state index in [0.717, 1.165) is 12.7 Å². The smallest absolute Gasteiger partial charge is 0.396 e. The van der Waals surface area contributed by atoms with Crippen molar-refractivity contribution in [2.75, 3.05) is 23.3 Å². The van der Waals surface area contributed by atoms with Crippen molar-refractivity contribution in [3.05, 3.63) is 66.0 Å². The molecule has 0 bridgehead atoms. The van der Waals surface area contributed by atoms with Gasteiger partial charge in [-0.1, -0.05) is 30.3 Å². The molecule has 12 heteroatoms. The van der Waals surface area contributed by atoms with Crippen LogP contribution in [-0.4, -0.2) is 39.9 Å². The summed E-state index contributed by atoms with van der Waals surface area (Å²) in [5.41, 5.74) is 0.495. The van der Waals surface area contributed by atoms with Crippen LogP contribution in [0, 0.1) is 5.82 Å². The Morgan fingerprint density at radius 2 is 1.88 bits per heavy atom. The Balaban J connectivity index is 1.80. The predicted octanol–water partition coefficient (Wildman–Crippen LogP) is 1.85. The molecule has 0 unspecified atom stereocenters. The first-order valence-corrected chi connectivity index (χ1v) is 11.3. The van der Waals surface area contributed by atoms with Crippen molar-refractivity contribution in [2.45, 2.75) is 6.61 Å². The summed E-state index contributed by atoms with van der Waals surface area (Å²) in [7, 11) is -3.26. The number of nitrogens with one attached hydrogen (secondary N) is 2. The Bertz CT molecular complexity index is 1410. The summed E-state index contributed by atoms with van der Waals surface area (Å²) >= 11 is 0. The number of carbonyl (C=O) groups is 3. The number of rotatable bonds is 5. The summed E-state index contributed by atoms with van der Waals surface area (Å²) < 4.78 is 53.1. The van der Waals surface area contributed by atoms with E-state index in [4.69, 9.17) is 4.74 Å². The van der Waals surface area contributed by atoms with Crippen molar-refractivity contribution in [1.82, 2.24) is 4.72 Å². The standard InChI is InChI=1S/C22H18FN3O7S/c1-32-22(29)21(28)24-15-7-8-16-14(9-15)10-17(33-12-13-5-3-2-4-6-13)20(19(16)23)26-11-18(27)25-34(26,30)31/h2-10H,11-12H2,1H3,(H,24,28)(H,25,27).